The molecule has 0 radical (unpaired) electrons. The summed E-state index contributed by atoms with van der Waals surface area (Å²) in [7, 11) is 0. The molecule has 1 nitrogen and oxygen atoms in total. The molecule has 14 heavy (non-hydrogen) atoms. The van der Waals surface area contributed by atoms with Crippen LogP contribution < -0.4 is 0 Å². The van der Waals surface area contributed by atoms with Crippen LogP contribution in [0.3, 0.4) is 0 Å². The van der Waals surface area contributed by atoms with Crippen molar-refractivity contribution in [1.82, 2.24) is 0 Å². The second kappa shape index (κ2) is 5.03. The van der Waals surface area contributed by atoms with Gasteiger partial charge in [0.15, 0.2) is 5.78 Å². The summed E-state index contributed by atoms with van der Waals surface area (Å²) in [6.07, 6.45) is 0. The zero-order valence-electron chi connectivity index (χ0n) is 7.56. The monoisotopic (exact) mass is 322 g/mol. The summed E-state index contributed by atoms with van der Waals surface area (Å²) in [5.74, 6) is -0.0489. The Balaban J connectivity index is 3.12. The molecule has 76 valence electrons. The number of Topliss-reactive ketones (excluding diaryl/α,β-unsaturated/α-hetero) is 1. The van der Waals surface area contributed by atoms with Crippen LogP contribution in [-0.2, 0) is 6.67 Å². The molecule has 0 fully saturated rings. The van der Waals surface area contributed by atoms with Crippen molar-refractivity contribution < 1.29 is 9.18 Å². The molecule has 0 saturated heterocycles. The van der Waals surface area contributed by atoms with Crippen LogP contribution in [0.2, 0.25) is 0 Å². The number of carbonyl (C=O) groups excluding carboxylic acids is 1. The van der Waals surface area contributed by atoms with E-state index in [4.69, 9.17) is 0 Å². The van der Waals surface area contributed by atoms with Crippen molar-refractivity contribution in [2.45, 2.75) is 18.4 Å². The minimum absolute atomic E-state index is 0.0489. The molecular weight excluding hydrogens is 315 g/mol. The van der Waals surface area contributed by atoms with Crippen molar-refractivity contribution in [1.29, 1.82) is 0 Å². The molecule has 0 amide bonds. The Bertz CT molecular complexity index is 350. The molecule has 1 aromatic rings. The summed E-state index contributed by atoms with van der Waals surface area (Å²) in [5, 5.41) is 0. The second-order valence-electron chi connectivity index (χ2n) is 2.93. The fourth-order valence-electron chi connectivity index (χ4n) is 1.06. The highest BCUT2D eigenvalue weighted by atomic mass is 79.9. The minimum Gasteiger partial charge on any atom is -0.293 e. The number of halogens is 3. The Hall–Kier alpha value is -0.220. The maximum Gasteiger partial charge on any atom is 0.177 e. The van der Waals surface area contributed by atoms with Gasteiger partial charge in [-0.3, -0.25) is 4.79 Å². The van der Waals surface area contributed by atoms with E-state index in [9.17, 15) is 9.18 Å². The molecule has 0 spiro atoms. The Morgan fingerprint density at radius 2 is 2.21 bits per heavy atom. The lowest BCUT2D eigenvalue weighted by Crippen LogP contribution is -2.11. The molecule has 0 bridgehead atoms. The van der Waals surface area contributed by atoms with Crippen LogP contribution in [0.1, 0.15) is 22.8 Å². The van der Waals surface area contributed by atoms with Crippen LogP contribution in [-0.4, -0.2) is 10.6 Å². The van der Waals surface area contributed by atoms with Crippen LogP contribution >= 0.6 is 31.9 Å². The molecule has 1 aromatic carbocycles. The number of hydrogen-bond donors (Lipinski definition) is 0. The van der Waals surface area contributed by atoms with E-state index < -0.39 is 6.67 Å². The largest absolute Gasteiger partial charge is 0.293 e. The molecule has 0 heterocycles. The highest BCUT2D eigenvalue weighted by Crippen LogP contribution is 2.22. The Morgan fingerprint density at radius 3 is 2.71 bits per heavy atom. The Kier molecular flexibility index (Phi) is 4.26. The molecule has 0 aliphatic carbocycles. The van der Waals surface area contributed by atoms with Crippen molar-refractivity contribution in [3.63, 3.8) is 0 Å². The third kappa shape index (κ3) is 2.64. The molecule has 0 saturated carbocycles. The predicted molar refractivity (Wildman–Crippen MR) is 61.7 cm³/mol. The first-order chi connectivity index (χ1) is 6.56. The molecule has 1 atom stereocenters. The number of carbonyl (C=O) groups is 1. The first-order valence-corrected chi connectivity index (χ1v) is 5.79. The van der Waals surface area contributed by atoms with Gasteiger partial charge in [-0.2, -0.15) is 0 Å². The molecule has 1 unspecified atom stereocenters. The molecule has 0 N–H and O–H groups in total. The molecule has 0 aliphatic heterocycles. The molecule has 4 heteroatoms. The molecule has 1 rings (SSSR count). The second-order valence-corrected chi connectivity index (χ2v) is 5.16. The third-order valence-corrected chi connectivity index (χ3v) is 2.92. The SMILES string of the molecule is CC(Br)C(=O)c1cc(CF)ccc1Br. The van der Waals surface area contributed by atoms with Crippen LogP contribution in [0.15, 0.2) is 22.7 Å². The molecular formula is C10H9Br2FO. The summed E-state index contributed by atoms with van der Waals surface area (Å²) >= 11 is 6.46. The summed E-state index contributed by atoms with van der Waals surface area (Å²) in [6, 6.07) is 4.92. The lowest BCUT2D eigenvalue weighted by atomic mass is 10.1. The van der Waals surface area contributed by atoms with Crippen LogP contribution in [0, 0.1) is 0 Å². The number of rotatable bonds is 3. The van der Waals surface area contributed by atoms with Crippen molar-refractivity contribution in [2.75, 3.05) is 0 Å². The van der Waals surface area contributed by atoms with Crippen molar-refractivity contribution >= 4 is 37.6 Å². The van der Waals surface area contributed by atoms with Gasteiger partial charge >= 0.3 is 0 Å². The lowest BCUT2D eigenvalue weighted by molar-refractivity contribution is 0.0995. The van der Waals surface area contributed by atoms with E-state index in [-0.39, 0.29) is 10.6 Å². The van der Waals surface area contributed by atoms with Gasteiger partial charge in [0, 0.05) is 10.0 Å². The number of alkyl halides is 2. The minimum atomic E-state index is -0.551. The normalized spacial score (nSPS) is 12.6. The summed E-state index contributed by atoms with van der Waals surface area (Å²) in [4.78, 5) is 11.4. The fraction of sp³-hybridized carbons (Fsp3) is 0.300. The van der Waals surface area contributed by atoms with Crippen LogP contribution in [0.5, 0.6) is 0 Å². The summed E-state index contributed by atoms with van der Waals surface area (Å²) in [6.45, 7) is 1.20. The van der Waals surface area contributed by atoms with Gasteiger partial charge in [0.25, 0.3) is 0 Å². The van der Waals surface area contributed by atoms with E-state index in [0.717, 1.165) is 0 Å². The van der Waals surface area contributed by atoms with Gasteiger partial charge in [-0.1, -0.05) is 37.9 Å². The van der Waals surface area contributed by atoms with Gasteiger partial charge in [-0.15, -0.1) is 0 Å². The quantitative estimate of drug-likeness (QED) is 0.609. The first kappa shape index (κ1) is 11.9. The Morgan fingerprint density at radius 1 is 1.57 bits per heavy atom. The predicted octanol–water partition coefficient (Wildman–Crippen LogP) is 3.88. The van der Waals surface area contributed by atoms with Crippen molar-refractivity contribution in [3.05, 3.63) is 33.8 Å². The molecule has 0 aromatic heterocycles. The highest BCUT2D eigenvalue weighted by molar-refractivity contribution is 9.10. The van der Waals surface area contributed by atoms with Crippen molar-refractivity contribution in [2.24, 2.45) is 0 Å². The average molecular weight is 324 g/mol. The third-order valence-electron chi connectivity index (χ3n) is 1.81. The Labute approximate surface area is 99.0 Å². The van der Waals surface area contributed by atoms with Gasteiger partial charge in [0.2, 0.25) is 0 Å². The first-order valence-electron chi connectivity index (χ1n) is 4.09. The van der Waals surface area contributed by atoms with E-state index in [2.05, 4.69) is 31.9 Å². The zero-order valence-corrected chi connectivity index (χ0v) is 10.7. The molecule has 0 aliphatic rings. The van der Waals surface area contributed by atoms with Crippen LogP contribution in [0.4, 0.5) is 4.39 Å². The summed E-state index contributed by atoms with van der Waals surface area (Å²) < 4.78 is 13.1. The van der Waals surface area contributed by atoms with E-state index in [1.165, 1.54) is 0 Å². The standard InChI is InChI=1S/C10H9Br2FO/c1-6(11)10(14)8-4-7(5-13)2-3-9(8)12/h2-4,6H,5H2,1H3. The maximum atomic E-state index is 12.4. The lowest BCUT2D eigenvalue weighted by Gasteiger charge is -2.06. The van der Waals surface area contributed by atoms with Gasteiger partial charge in [0.1, 0.15) is 6.67 Å². The highest BCUT2D eigenvalue weighted by Gasteiger charge is 2.15. The number of hydrogen-bond acceptors (Lipinski definition) is 1. The van der Waals surface area contributed by atoms with Gasteiger partial charge < -0.3 is 0 Å². The van der Waals surface area contributed by atoms with E-state index in [1.54, 1.807) is 25.1 Å². The maximum absolute atomic E-state index is 12.4. The van der Waals surface area contributed by atoms with E-state index in [1.807, 2.05) is 0 Å². The van der Waals surface area contributed by atoms with E-state index >= 15 is 0 Å². The van der Waals surface area contributed by atoms with Gasteiger partial charge in [-0.25, -0.2) is 4.39 Å². The topological polar surface area (TPSA) is 17.1 Å². The zero-order chi connectivity index (χ0) is 10.7. The van der Waals surface area contributed by atoms with Crippen molar-refractivity contribution in [3.8, 4) is 0 Å². The number of benzene rings is 1. The van der Waals surface area contributed by atoms with Crippen LogP contribution in [0.25, 0.3) is 0 Å². The summed E-state index contributed by atoms with van der Waals surface area (Å²) in [5.41, 5.74) is 1.04. The average Bonchev–Trinajstić information content (AvgIpc) is 2.17. The fourth-order valence-corrected chi connectivity index (χ4v) is 1.75. The number of ketones is 1. The smallest absolute Gasteiger partial charge is 0.177 e. The van der Waals surface area contributed by atoms with Gasteiger partial charge in [-0.05, 0) is 24.6 Å². The van der Waals surface area contributed by atoms with Gasteiger partial charge in [0.05, 0.1) is 4.83 Å². The van der Waals surface area contributed by atoms with E-state index in [0.29, 0.717) is 15.6 Å².